The van der Waals surface area contributed by atoms with Crippen molar-refractivity contribution < 1.29 is 0 Å². The highest BCUT2D eigenvalue weighted by Crippen LogP contribution is 2.01. The minimum Gasteiger partial charge on any atom is -0.301 e. The molecule has 3 nitrogen and oxygen atoms in total. The molecular weight excluding hydrogens is 277 g/mol. The molecule has 0 aromatic heterocycles. The summed E-state index contributed by atoms with van der Waals surface area (Å²) in [7, 11) is 0. The fourth-order valence-corrected chi connectivity index (χ4v) is 1.99. The molecule has 1 fully saturated rings. The van der Waals surface area contributed by atoms with Gasteiger partial charge in [-0.15, -0.1) is 0 Å². The van der Waals surface area contributed by atoms with Crippen LogP contribution < -0.4 is 3.53 Å². The van der Waals surface area contributed by atoms with Gasteiger partial charge in [0.15, 0.2) is 0 Å². The third-order valence-corrected chi connectivity index (χ3v) is 3.07. The topological polar surface area (TPSA) is 18.5 Å². The molecule has 1 N–H and O–H groups in total. The quantitative estimate of drug-likeness (QED) is 0.602. The second-order valence-electron chi connectivity index (χ2n) is 3.57. The van der Waals surface area contributed by atoms with Crippen molar-refractivity contribution in [3.8, 4) is 0 Å². The van der Waals surface area contributed by atoms with Crippen molar-refractivity contribution in [3.63, 3.8) is 0 Å². The first-order valence-electron chi connectivity index (χ1n) is 5.15. The summed E-state index contributed by atoms with van der Waals surface area (Å²) in [5.74, 6) is 0. The smallest absolute Gasteiger partial charge is 0.0178 e. The van der Waals surface area contributed by atoms with Crippen molar-refractivity contribution >= 4 is 22.9 Å². The molecule has 0 radical (unpaired) electrons. The molecule has 0 aliphatic carbocycles. The monoisotopic (exact) mass is 297 g/mol. The number of piperazine rings is 1. The van der Waals surface area contributed by atoms with E-state index >= 15 is 0 Å². The highest BCUT2D eigenvalue weighted by atomic mass is 127. The first kappa shape index (κ1) is 11.7. The molecule has 0 aromatic carbocycles. The van der Waals surface area contributed by atoms with Gasteiger partial charge in [-0.25, -0.2) is 0 Å². The average molecular weight is 297 g/mol. The minimum atomic E-state index is 1.11. The van der Waals surface area contributed by atoms with Gasteiger partial charge in [0.25, 0.3) is 0 Å². The summed E-state index contributed by atoms with van der Waals surface area (Å²) < 4.78 is 3.17. The zero-order valence-corrected chi connectivity index (χ0v) is 10.6. The molecule has 1 saturated heterocycles. The second kappa shape index (κ2) is 6.98. The highest BCUT2D eigenvalue weighted by Gasteiger charge is 2.14. The zero-order valence-electron chi connectivity index (χ0n) is 8.43. The molecule has 0 unspecified atom stereocenters. The molecule has 1 aliphatic heterocycles. The summed E-state index contributed by atoms with van der Waals surface area (Å²) in [6.45, 7) is 10.9. The van der Waals surface area contributed by atoms with Gasteiger partial charge in [0.2, 0.25) is 0 Å². The van der Waals surface area contributed by atoms with E-state index in [9.17, 15) is 0 Å². The Morgan fingerprint density at radius 1 is 1.08 bits per heavy atom. The summed E-state index contributed by atoms with van der Waals surface area (Å²) in [6.07, 6.45) is 1.29. The molecule has 0 aromatic rings. The first-order valence-corrected chi connectivity index (χ1v) is 6.23. The third-order valence-electron chi connectivity index (χ3n) is 2.53. The SMILES string of the molecule is CCCN1CCN(CCNI)CC1. The molecule has 1 aliphatic rings. The van der Waals surface area contributed by atoms with Crippen LogP contribution in [-0.2, 0) is 0 Å². The Labute approximate surface area is 95.3 Å². The predicted octanol–water partition coefficient (Wildman–Crippen LogP) is 0.954. The third kappa shape index (κ3) is 4.58. The summed E-state index contributed by atoms with van der Waals surface area (Å²) >= 11 is 2.21. The van der Waals surface area contributed by atoms with Gasteiger partial charge in [-0.3, -0.25) is 8.43 Å². The van der Waals surface area contributed by atoms with E-state index in [1.807, 2.05) is 0 Å². The van der Waals surface area contributed by atoms with E-state index in [4.69, 9.17) is 0 Å². The lowest BCUT2D eigenvalue weighted by Crippen LogP contribution is -2.47. The fourth-order valence-electron chi connectivity index (χ4n) is 1.75. The van der Waals surface area contributed by atoms with Crippen molar-refractivity contribution in [1.29, 1.82) is 0 Å². The molecule has 4 heteroatoms. The highest BCUT2D eigenvalue weighted by molar-refractivity contribution is 14.1. The number of halogens is 1. The normalized spacial score (nSPS) is 20.8. The Morgan fingerprint density at radius 2 is 1.62 bits per heavy atom. The lowest BCUT2D eigenvalue weighted by molar-refractivity contribution is 0.135. The van der Waals surface area contributed by atoms with Crippen LogP contribution in [0.25, 0.3) is 0 Å². The van der Waals surface area contributed by atoms with E-state index in [2.05, 4.69) is 43.1 Å². The van der Waals surface area contributed by atoms with Crippen molar-refractivity contribution in [3.05, 3.63) is 0 Å². The van der Waals surface area contributed by atoms with E-state index in [1.165, 1.54) is 45.7 Å². The number of hydrogen-bond acceptors (Lipinski definition) is 3. The van der Waals surface area contributed by atoms with Gasteiger partial charge < -0.3 is 4.90 Å². The maximum Gasteiger partial charge on any atom is 0.0178 e. The van der Waals surface area contributed by atoms with Gasteiger partial charge in [-0.2, -0.15) is 0 Å². The van der Waals surface area contributed by atoms with Crippen LogP contribution >= 0.6 is 22.9 Å². The Balaban J connectivity index is 2.08. The predicted molar refractivity (Wildman–Crippen MR) is 65.2 cm³/mol. The molecule has 78 valence electrons. The van der Waals surface area contributed by atoms with Crippen LogP contribution in [0.1, 0.15) is 13.3 Å². The summed E-state index contributed by atoms with van der Waals surface area (Å²) in [5, 5.41) is 0. The van der Waals surface area contributed by atoms with Gasteiger partial charge in [-0.1, -0.05) is 6.92 Å². The second-order valence-corrected chi connectivity index (χ2v) is 4.33. The maximum absolute atomic E-state index is 3.17. The van der Waals surface area contributed by atoms with Crippen LogP contribution in [0.4, 0.5) is 0 Å². The average Bonchev–Trinajstić information content (AvgIpc) is 2.17. The van der Waals surface area contributed by atoms with Gasteiger partial charge in [0, 0.05) is 62.1 Å². The molecule has 0 bridgehead atoms. The van der Waals surface area contributed by atoms with Crippen LogP contribution in [0.15, 0.2) is 0 Å². The summed E-state index contributed by atoms with van der Waals surface area (Å²) in [6, 6.07) is 0. The molecule has 0 amide bonds. The minimum absolute atomic E-state index is 1.11. The molecule has 1 rings (SSSR count). The lowest BCUT2D eigenvalue weighted by Gasteiger charge is -2.34. The van der Waals surface area contributed by atoms with E-state index in [-0.39, 0.29) is 0 Å². The number of nitrogens with one attached hydrogen (secondary N) is 1. The van der Waals surface area contributed by atoms with Gasteiger partial charge >= 0.3 is 0 Å². The van der Waals surface area contributed by atoms with Crippen molar-refractivity contribution in [2.45, 2.75) is 13.3 Å². The van der Waals surface area contributed by atoms with Crippen molar-refractivity contribution in [2.75, 3.05) is 45.8 Å². The molecule has 0 spiro atoms. The Morgan fingerprint density at radius 3 is 2.08 bits per heavy atom. The first-order chi connectivity index (χ1) is 6.36. The maximum atomic E-state index is 3.17. The number of nitrogens with zero attached hydrogens (tertiary/aromatic N) is 2. The van der Waals surface area contributed by atoms with Crippen molar-refractivity contribution in [2.24, 2.45) is 0 Å². The fraction of sp³-hybridized carbons (Fsp3) is 1.00. The van der Waals surface area contributed by atoms with Crippen molar-refractivity contribution in [1.82, 2.24) is 13.3 Å². The van der Waals surface area contributed by atoms with E-state index in [0.717, 1.165) is 6.54 Å². The number of rotatable bonds is 5. The summed E-state index contributed by atoms with van der Waals surface area (Å²) in [5.41, 5.74) is 0. The van der Waals surface area contributed by atoms with Crippen LogP contribution in [0.5, 0.6) is 0 Å². The molecule has 1 heterocycles. The van der Waals surface area contributed by atoms with Gasteiger partial charge in [-0.05, 0) is 13.0 Å². The van der Waals surface area contributed by atoms with Crippen LogP contribution in [0.3, 0.4) is 0 Å². The Hall–Kier alpha value is 0.610. The van der Waals surface area contributed by atoms with Crippen LogP contribution in [0.2, 0.25) is 0 Å². The van der Waals surface area contributed by atoms with Gasteiger partial charge in [0.1, 0.15) is 0 Å². The van der Waals surface area contributed by atoms with Crippen LogP contribution in [-0.4, -0.2) is 55.6 Å². The Bertz CT molecular complexity index is 124. The standard InChI is InChI=1S/C9H20IN3/c1-2-4-12-6-8-13(9-7-12)5-3-11-10/h11H,2-9H2,1H3. The van der Waals surface area contributed by atoms with Crippen LogP contribution in [0, 0.1) is 0 Å². The number of hydrogen-bond donors (Lipinski definition) is 1. The Kier molecular flexibility index (Phi) is 6.27. The van der Waals surface area contributed by atoms with E-state index in [0.29, 0.717) is 0 Å². The molecule has 13 heavy (non-hydrogen) atoms. The lowest BCUT2D eigenvalue weighted by atomic mass is 10.3. The molecular formula is C9H20IN3. The van der Waals surface area contributed by atoms with E-state index < -0.39 is 0 Å². The molecule has 0 atom stereocenters. The van der Waals surface area contributed by atoms with E-state index in [1.54, 1.807) is 0 Å². The molecule has 0 saturated carbocycles. The van der Waals surface area contributed by atoms with Gasteiger partial charge in [0.05, 0.1) is 0 Å². The largest absolute Gasteiger partial charge is 0.301 e. The summed E-state index contributed by atoms with van der Waals surface area (Å²) in [4.78, 5) is 5.10. The zero-order chi connectivity index (χ0) is 9.52.